The van der Waals surface area contributed by atoms with Crippen LogP contribution >= 0.6 is 0 Å². The molecule has 2 rings (SSSR count). The van der Waals surface area contributed by atoms with Gasteiger partial charge in [-0.1, -0.05) is 19.9 Å². The van der Waals surface area contributed by atoms with E-state index in [2.05, 4.69) is 31.0 Å². The summed E-state index contributed by atoms with van der Waals surface area (Å²) in [6, 6.07) is 7.33. The largest absolute Gasteiger partial charge is 0.366 e. The van der Waals surface area contributed by atoms with Crippen molar-refractivity contribution in [3.8, 4) is 0 Å². The third-order valence-corrected chi connectivity index (χ3v) is 4.27. The Kier molecular flexibility index (Phi) is 3.91. The molecular formula is C15H23FN2. The summed E-state index contributed by atoms with van der Waals surface area (Å²) < 4.78 is 13.4. The topological polar surface area (TPSA) is 15.3 Å². The average molecular weight is 250 g/mol. The van der Waals surface area contributed by atoms with E-state index in [-0.39, 0.29) is 11.4 Å². The van der Waals surface area contributed by atoms with Crippen LogP contribution < -0.4 is 10.2 Å². The summed E-state index contributed by atoms with van der Waals surface area (Å²) in [5.41, 5.74) is 1.16. The van der Waals surface area contributed by atoms with E-state index in [1.165, 1.54) is 6.07 Å². The lowest BCUT2D eigenvalue weighted by Crippen LogP contribution is -2.63. The lowest BCUT2D eigenvalue weighted by molar-refractivity contribution is 0.253. The predicted molar refractivity (Wildman–Crippen MR) is 74.5 cm³/mol. The maximum Gasteiger partial charge on any atom is 0.125 e. The van der Waals surface area contributed by atoms with Gasteiger partial charge in [-0.05, 0) is 38.0 Å². The Morgan fingerprint density at radius 3 is 2.72 bits per heavy atom. The molecule has 0 amide bonds. The molecule has 1 aromatic rings. The van der Waals surface area contributed by atoms with Gasteiger partial charge in [0.15, 0.2) is 0 Å². The van der Waals surface area contributed by atoms with Gasteiger partial charge in [0.05, 0.1) is 0 Å². The second-order valence-electron chi connectivity index (χ2n) is 5.33. The normalized spacial score (nSPS) is 23.1. The fourth-order valence-electron chi connectivity index (χ4n) is 2.74. The van der Waals surface area contributed by atoms with E-state index in [0.717, 1.165) is 31.6 Å². The standard InChI is InChI=1S/C15H23FN2/c1-4-15(5-2)11-18(12(3)10-17-15)14-8-6-7-13(16)9-14/h6-9,12,17H,4-5,10-11H2,1-3H3. The van der Waals surface area contributed by atoms with E-state index in [1.54, 1.807) is 12.1 Å². The molecule has 0 bridgehead atoms. The Morgan fingerprint density at radius 2 is 2.11 bits per heavy atom. The minimum absolute atomic E-state index is 0.156. The van der Waals surface area contributed by atoms with Crippen LogP contribution in [0.4, 0.5) is 10.1 Å². The van der Waals surface area contributed by atoms with E-state index in [0.29, 0.717) is 6.04 Å². The van der Waals surface area contributed by atoms with Crippen molar-refractivity contribution in [2.45, 2.75) is 45.2 Å². The fraction of sp³-hybridized carbons (Fsp3) is 0.600. The highest BCUT2D eigenvalue weighted by atomic mass is 19.1. The van der Waals surface area contributed by atoms with Gasteiger partial charge in [0.2, 0.25) is 0 Å². The van der Waals surface area contributed by atoms with Crippen molar-refractivity contribution in [2.75, 3.05) is 18.0 Å². The van der Waals surface area contributed by atoms with Crippen LogP contribution in [0.2, 0.25) is 0 Å². The monoisotopic (exact) mass is 250 g/mol. The number of anilines is 1. The Labute approximate surface area is 109 Å². The SMILES string of the molecule is CCC1(CC)CN(c2cccc(F)c2)C(C)CN1. The summed E-state index contributed by atoms with van der Waals surface area (Å²) in [6.45, 7) is 8.53. The molecule has 0 saturated carbocycles. The molecular weight excluding hydrogens is 227 g/mol. The first kappa shape index (κ1) is 13.3. The van der Waals surface area contributed by atoms with Gasteiger partial charge in [-0.25, -0.2) is 4.39 Å². The quantitative estimate of drug-likeness (QED) is 0.886. The van der Waals surface area contributed by atoms with Gasteiger partial charge in [-0.15, -0.1) is 0 Å². The van der Waals surface area contributed by atoms with E-state index in [1.807, 2.05) is 6.07 Å². The molecule has 2 nitrogen and oxygen atoms in total. The molecule has 100 valence electrons. The molecule has 18 heavy (non-hydrogen) atoms. The highest BCUT2D eigenvalue weighted by Gasteiger charge is 2.35. The molecule has 1 atom stereocenters. The van der Waals surface area contributed by atoms with Crippen molar-refractivity contribution >= 4 is 5.69 Å². The van der Waals surface area contributed by atoms with Gasteiger partial charge >= 0.3 is 0 Å². The molecule has 1 aliphatic rings. The van der Waals surface area contributed by atoms with Crippen molar-refractivity contribution in [1.82, 2.24) is 5.32 Å². The Hall–Kier alpha value is -1.09. The number of nitrogens with zero attached hydrogens (tertiary/aromatic N) is 1. The molecule has 1 fully saturated rings. The lowest BCUT2D eigenvalue weighted by atomic mass is 9.88. The van der Waals surface area contributed by atoms with Crippen molar-refractivity contribution in [3.05, 3.63) is 30.1 Å². The van der Waals surface area contributed by atoms with Gasteiger partial charge in [-0.2, -0.15) is 0 Å². The summed E-state index contributed by atoms with van der Waals surface area (Å²) >= 11 is 0. The Morgan fingerprint density at radius 1 is 1.39 bits per heavy atom. The van der Waals surface area contributed by atoms with Crippen LogP contribution in [-0.2, 0) is 0 Å². The zero-order valence-electron chi connectivity index (χ0n) is 11.5. The van der Waals surface area contributed by atoms with Crippen LogP contribution in [0, 0.1) is 5.82 Å². The number of hydrogen-bond donors (Lipinski definition) is 1. The molecule has 0 spiro atoms. The summed E-state index contributed by atoms with van der Waals surface area (Å²) in [7, 11) is 0. The second kappa shape index (κ2) is 5.27. The molecule has 1 aromatic carbocycles. The number of halogens is 1. The first-order valence-corrected chi connectivity index (χ1v) is 6.87. The third-order valence-electron chi connectivity index (χ3n) is 4.27. The van der Waals surface area contributed by atoms with E-state index < -0.39 is 0 Å². The average Bonchev–Trinajstić information content (AvgIpc) is 2.40. The molecule has 1 aliphatic heterocycles. The van der Waals surface area contributed by atoms with Gasteiger partial charge in [0.25, 0.3) is 0 Å². The van der Waals surface area contributed by atoms with Crippen LogP contribution in [0.5, 0.6) is 0 Å². The minimum atomic E-state index is -0.156. The smallest absolute Gasteiger partial charge is 0.125 e. The predicted octanol–water partition coefficient (Wildman–Crippen LogP) is 3.18. The van der Waals surface area contributed by atoms with E-state index >= 15 is 0 Å². The van der Waals surface area contributed by atoms with Crippen LogP contribution in [-0.4, -0.2) is 24.7 Å². The molecule has 3 heteroatoms. The number of nitrogens with one attached hydrogen (secondary N) is 1. The lowest BCUT2D eigenvalue weighted by Gasteiger charge is -2.47. The maximum absolute atomic E-state index is 13.4. The van der Waals surface area contributed by atoms with Crippen molar-refractivity contribution in [1.29, 1.82) is 0 Å². The van der Waals surface area contributed by atoms with E-state index in [9.17, 15) is 4.39 Å². The number of hydrogen-bond acceptors (Lipinski definition) is 2. The molecule has 1 saturated heterocycles. The highest BCUT2D eigenvalue weighted by Crippen LogP contribution is 2.27. The van der Waals surface area contributed by atoms with Crippen molar-refractivity contribution < 1.29 is 4.39 Å². The van der Waals surface area contributed by atoms with Crippen molar-refractivity contribution in [3.63, 3.8) is 0 Å². The Balaban J connectivity index is 2.25. The fourth-order valence-corrected chi connectivity index (χ4v) is 2.74. The van der Waals surface area contributed by atoms with E-state index in [4.69, 9.17) is 0 Å². The Bertz CT molecular complexity index is 401. The zero-order chi connectivity index (χ0) is 13.2. The number of benzene rings is 1. The molecule has 1 unspecified atom stereocenters. The highest BCUT2D eigenvalue weighted by molar-refractivity contribution is 5.48. The summed E-state index contributed by atoms with van der Waals surface area (Å²) in [4.78, 5) is 2.33. The minimum Gasteiger partial charge on any atom is -0.366 e. The molecule has 1 heterocycles. The van der Waals surface area contributed by atoms with Gasteiger partial charge in [0, 0.05) is 30.4 Å². The first-order valence-electron chi connectivity index (χ1n) is 6.87. The first-order chi connectivity index (χ1) is 8.60. The van der Waals surface area contributed by atoms with Crippen LogP contribution in [0.25, 0.3) is 0 Å². The van der Waals surface area contributed by atoms with Crippen LogP contribution in [0.15, 0.2) is 24.3 Å². The zero-order valence-corrected chi connectivity index (χ0v) is 11.5. The van der Waals surface area contributed by atoms with Crippen LogP contribution in [0.1, 0.15) is 33.6 Å². The van der Waals surface area contributed by atoms with Crippen LogP contribution in [0.3, 0.4) is 0 Å². The number of piperazine rings is 1. The maximum atomic E-state index is 13.4. The van der Waals surface area contributed by atoms with Gasteiger partial charge in [-0.3, -0.25) is 0 Å². The molecule has 0 radical (unpaired) electrons. The second-order valence-corrected chi connectivity index (χ2v) is 5.33. The van der Waals surface area contributed by atoms with Crippen molar-refractivity contribution in [2.24, 2.45) is 0 Å². The number of rotatable bonds is 3. The van der Waals surface area contributed by atoms with Gasteiger partial charge in [0.1, 0.15) is 5.82 Å². The molecule has 0 aliphatic carbocycles. The third kappa shape index (κ3) is 2.51. The van der Waals surface area contributed by atoms with Gasteiger partial charge < -0.3 is 10.2 Å². The summed E-state index contributed by atoms with van der Waals surface area (Å²) in [5.74, 6) is -0.156. The molecule has 1 N–H and O–H groups in total. The molecule has 0 aromatic heterocycles. The summed E-state index contributed by atoms with van der Waals surface area (Å²) in [6.07, 6.45) is 2.20. The summed E-state index contributed by atoms with van der Waals surface area (Å²) in [5, 5.41) is 3.66.